The highest BCUT2D eigenvalue weighted by Gasteiger charge is 2.21. The Balaban J connectivity index is 0.00000312. The lowest BCUT2D eigenvalue weighted by molar-refractivity contribution is -0.693. The van der Waals surface area contributed by atoms with Gasteiger partial charge in [-0.2, -0.15) is 5.10 Å². The number of hydrogen-bond donors (Lipinski definition) is 2. The number of rotatable bonds is 7. The lowest BCUT2D eigenvalue weighted by Gasteiger charge is -2.18. The van der Waals surface area contributed by atoms with Crippen LogP contribution in [0.5, 0.6) is 0 Å². The van der Waals surface area contributed by atoms with Crippen LogP contribution in [0.4, 0.5) is 0 Å². The second-order valence-corrected chi connectivity index (χ2v) is 6.58. The molecule has 25 heavy (non-hydrogen) atoms. The fourth-order valence-electron chi connectivity index (χ4n) is 2.98. The van der Waals surface area contributed by atoms with E-state index < -0.39 is 6.10 Å². The number of quaternary nitrogens is 1. The molecule has 2 atom stereocenters. The number of hydrogen-bond acceptors (Lipinski definition) is 3. The second-order valence-electron chi connectivity index (χ2n) is 6.58. The highest BCUT2D eigenvalue weighted by atomic mass is 35.5. The van der Waals surface area contributed by atoms with Crippen molar-refractivity contribution in [1.29, 1.82) is 0 Å². The molecule has 3 N–H and O–H groups in total. The van der Waals surface area contributed by atoms with E-state index in [1.165, 1.54) is 5.56 Å². The van der Waals surface area contributed by atoms with Crippen LogP contribution in [0.1, 0.15) is 52.3 Å². The molecular formula is C19H28ClN3O2. The number of carbonyl (C=O) groups excluding carboxylic acids is 1. The maximum absolute atomic E-state index is 12.4. The van der Waals surface area contributed by atoms with Gasteiger partial charge in [0.15, 0.2) is 5.78 Å². The largest absolute Gasteiger partial charge is 1.00 e. The number of aliphatic hydroxyl groups excluding tert-OH is 1. The Labute approximate surface area is 155 Å². The average molecular weight is 366 g/mol. The van der Waals surface area contributed by atoms with Crippen LogP contribution in [0.25, 0.3) is 0 Å². The molecule has 0 saturated heterocycles. The number of aromatic nitrogens is 2. The quantitative estimate of drug-likeness (QED) is 0.593. The summed E-state index contributed by atoms with van der Waals surface area (Å²) in [6, 6.07) is 7.91. The van der Waals surface area contributed by atoms with Crippen molar-refractivity contribution in [1.82, 2.24) is 9.78 Å². The molecular weight excluding hydrogens is 338 g/mol. The van der Waals surface area contributed by atoms with Crippen molar-refractivity contribution in [2.45, 2.75) is 46.3 Å². The summed E-state index contributed by atoms with van der Waals surface area (Å²) in [5, 5.41) is 16.8. The molecule has 6 heteroatoms. The maximum Gasteiger partial charge on any atom is 0.172 e. The van der Waals surface area contributed by atoms with E-state index in [2.05, 4.69) is 5.10 Å². The van der Waals surface area contributed by atoms with Crippen LogP contribution in [-0.2, 0) is 7.05 Å². The molecule has 0 aliphatic rings. The predicted octanol–water partition coefficient (Wildman–Crippen LogP) is -1.39. The zero-order valence-corrected chi connectivity index (χ0v) is 16.3. The summed E-state index contributed by atoms with van der Waals surface area (Å²) in [5.74, 6) is 0.117. The van der Waals surface area contributed by atoms with Gasteiger partial charge in [0.1, 0.15) is 12.1 Å². The van der Waals surface area contributed by atoms with Crippen LogP contribution in [0.3, 0.4) is 0 Å². The van der Waals surface area contributed by atoms with E-state index in [0.29, 0.717) is 13.0 Å². The first-order chi connectivity index (χ1) is 11.3. The Morgan fingerprint density at radius 1 is 1.24 bits per heavy atom. The maximum atomic E-state index is 12.4. The van der Waals surface area contributed by atoms with Crippen LogP contribution >= 0.6 is 0 Å². The minimum atomic E-state index is -0.539. The second kappa shape index (κ2) is 9.13. The Morgan fingerprint density at radius 3 is 2.36 bits per heavy atom. The molecule has 0 spiro atoms. The molecule has 2 aromatic rings. The van der Waals surface area contributed by atoms with Crippen LogP contribution in [0, 0.1) is 20.8 Å². The molecule has 1 aromatic carbocycles. The van der Waals surface area contributed by atoms with E-state index in [1.54, 1.807) is 4.68 Å². The van der Waals surface area contributed by atoms with Crippen molar-refractivity contribution in [3.8, 4) is 0 Å². The van der Waals surface area contributed by atoms with E-state index >= 15 is 0 Å². The molecule has 0 fully saturated rings. The summed E-state index contributed by atoms with van der Waals surface area (Å²) >= 11 is 0. The minimum absolute atomic E-state index is 0. The summed E-state index contributed by atoms with van der Waals surface area (Å²) < 4.78 is 1.75. The van der Waals surface area contributed by atoms with Crippen molar-refractivity contribution < 1.29 is 27.6 Å². The molecule has 0 aliphatic carbocycles. The third kappa shape index (κ3) is 5.14. The minimum Gasteiger partial charge on any atom is -1.00 e. The van der Waals surface area contributed by atoms with E-state index in [-0.39, 0.29) is 24.2 Å². The molecule has 0 aliphatic heterocycles. The SMILES string of the molecule is Cc1ccc(C(O)C(C)[NH2+]CCC(=O)c2c(C)nn(C)c2C)cc1.[Cl-]. The van der Waals surface area contributed by atoms with Crippen molar-refractivity contribution in [2.75, 3.05) is 6.54 Å². The number of carbonyl (C=O) groups is 1. The van der Waals surface area contributed by atoms with Gasteiger partial charge in [-0.1, -0.05) is 29.8 Å². The van der Waals surface area contributed by atoms with Gasteiger partial charge in [0.05, 0.1) is 24.2 Å². The van der Waals surface area contributed by atoms with E-state index in [9.17, 15) is 9.90 Å². The number of aliphatic hydroxyl groups is 1. The number of halogens is 1. The molecule has 0 saturated carbocycles. The smallest absolute Gasteiger partial charge is 0.172 e. The summed E-state index contributed by atoms with van der Waals surface area (Å²) in [6.45, 7) is 8.44. The van der Waals surface area contributed by atoms with Crippen LogP contribution in [0.15, 0.2) is 24.3 Å². The van der Waals surface area contributed by atoms with Gasteiger partial charge in [0, 0.05) is 12.7 Å². The topological polar surface area (TPSA) is 71.7 Å². The lowest BCUT2D eigenvalue weighted by atomic mass is 10.0. The third-order valence-electron chi connectivity index (χ3n) is 4.61. The van der Waals surface area contributed by atoms with Crippen molar-refractivity contribution in [3.05, 3.63) is 52.3 Å². The Morgan fingerprint density at radius 2 is 1.84 bits per heavy atom. The molecule has 2 rings (SSSR count). The standard InChI is InChI=1S/C19H27N3O2.ClH/c1-12-6-8-16(9-7-12)19(24)14(3)20-11-10-17(23)18-13(2)21-22(5)15(18)4;/h6-9,14,19-20,24H,10-11H2,1-5H3;1H. The van der Waals surface area contributed by atoms with Gasteiger partial charge in [-0.25, -0.2) is 0 Å². The van der Waals surface area contributed by atoms with Gasteiger partial charge >= 0.3 is 0 Å². The van der Waals surface area contributed by atoms with Crippen molar-refractivity contribution in [2.24, 2.45) is 7.05 Å². The van der Waals surface area contributed by atoms with Gasteiger partial charge in [0.2, 0.25) is 0 Å². The average Bonchev–Trinajstić information content (AvgIpc) is 2.79. The van der Waals surface area contributed by atoms with Gasteiger partial charge in [0.25, 0.3) is 0 Å². The van der Waals surface area contributed by atoms with E-state index in [1.807, 2.05) is 64.3 Å². The van der Waals surface area contributed by atoms with Crippen LogP contribution in [0.2, 0.25) is 0 Å². The highest BCUT2D eigenvalue weighted by molar-refractivity contribution is 5.98. The molecule has 0 bridgehead atoms. The van der Waals surface area contributed by atoms with Gasteiger partial charge in [-0.3, -0.25) is 9.48 Å². The van der Waals surface area contributed by atoms with E-state index in [4.69, 9.17) is 0 Å². The summed E-state index contributed by atoms with van der Waals surface area (Å²) in [5.41, 5.74) is 4.51. The monoisotopic (exact) mass is 365 g/mol. The van der Waals surface area contributed by atoms with E-state index in [0.717, 1.165) is 22.5 Å². The molecule has 2 unspecified atom stereocenters. The number of nitrogens with two attached hydrogens (primary N) is 1. The summed E-state index contributed by atoms with van der Waals surface area (Å²) in [6.07, 6.45) is -0.0965. The Bertz CT molecular complexity index is 710. The fraction of sp³-hybridized carbons (Fsp3) is 0.474. The van der Waals surface area contributed by atoms with Gasteiger partial charge < -0.3 is 22.8 Å². The number of Topliss-reactive ketones (excluding diaryl/α,β-unsaturated/α-hetero) is 1. The Kier molecular flexibility index (Phi) is 7.80. The molecule has 5 nitrogen and oxygen atoms in total. The molecule has 138 valence electrons. The third-order valence-corrected chi connectivity index (χ3v) is 4.61. The van der Waals surface area contributed by atoms with Crippen LogP contribution in [-0.4, -0.2) is 33.3 Å². The molecule has 1 aromatic heterocycles. The normalized spacial score (nSPS) is 13.2. The lowest BCUT2D eigenvalue weighted by Crippen LogP contribution is -3.00. The first kappa shape index (κ1) is 21.4. The summed E-state index contributed by atoms with van der Waals surface area (Å²) in [7, 11) is 1.85. The van der Waals surface area contributed by atoms with Gasteiger partial charge in [-0.15, -0.1) is 0 Å². The first-order valence-corrected chi connectivity index (χ1v) is 8.42. The van der Waals surface area contributed by atoms with Crippen molar-refractivity contribution in [3.63, 3.8) is 0 Å². The zero-order valence-electron chi connectivity index (χ0n) is 15.6. The highest BCUT2D eigenvalue weighted by Crippen LogP contribution is 2.16. The molecule has 0 radical (unpaired) electrons. The van der Waals surface area contributed by atoms with Crippen LogP contribution < -0.4 is 17.7 Å². The van der Waals surface area contributed by atoms with Gasteiger partial charge in [-0.05, 0) is 33.3 Å². The Hall–Kier alpha value is -1.69. The molecule has 1 heterocycles. The first-order valence-electron chi connectivity index (χ1n) is 8.42. The number of ketones is 1. The fourth-order valence-corrected chi connectivity index (χ4v) is 2.98. The predicted molar refractivity (Wildman–Crippen MR) is 94.0 cm³/mol. The van der Waals surface area contributed by atoms with Crippen molar-refractivity contribution >= 4 is 5.78 Å². The summed E-state index contributed by atoms with van der Waals surface area (Å²) in [4.78, 5) is 12.4. The number of benzene rings is 1. The number of aryl methyl sites for hydroxylation is 3. The number of nitrogens with zero attached hydrogens (tertiary/aromatic N) is 2. The zero-order chi connectivity index (χ0) is 17.9. The molecule has 0 amide bonds.